The molecule has 0 aliphatic carbocycles. The van der Waals surface area contributed by atoms with Gasteiger partial charge in [0.1, 0.15) is 0 Å². The number of benzene rings is 1. The fourth-order valence-corrected chi connectivity index (χ4v) is 4.59. The average molecular weight is 529 g/mol. The molecule has 1 aromatic carbocycles. The van der Waals surface area contributed by atoms with Gasteiger partial charge in [0.15, 0.2) is 5.96 Å². The maximum atomic E-state index is 5.49. The number of aliphatic imine (C=N–C) groups is 1. The summed E-state index contributed by atoms with van der Waals surface area (Å²) in [5.74, 6) is 2.51. The molecule has 2 saturated heterocycles. The summed E-state index contributed by atoms with van der Waals surface area (Å²) in [5.41, 5.74) is 1.41. The van der Waals surface area contributed by atoms with Crippen molar-refractivity contribution in [3.63, 3.8) is 0 Å². The first-order chi connectivity index (χ1) is 14.2. The summed E-state index contributed by atoms with van der Waals surface area (Å²) in [7, 11) is 2.18. The topological polar surface area (TPSA) is 40.1 Å². The van der Waals surface area contributed by atoms with Crippen LogP contribution >= 0.6 is 24.0 Å². The van der Waals surface area contributed by atoms with E-state index in [2.05, 4.69) is 66.3 Å². The summed E-state index contributed by atoms with van der Waals surface area (Å²) in [6.07, 6.45) is 4.88. The third-order valence-corrected chi connectivity index (χ3v) is 6.43. The van der Waals surface area contributed by atoms with E-state index in [1.54, 1.807) is 0 Å². The highest BCUT2D eigenvalue weighted by molar-refractivity contribution is 14.0. The van der Waals surface area contributed by atoms with E-state index in [9.17, 15) is 0 Å². The van der Waals surface area contributed by atoms with Gasteiger partial charge in [0.2, 0.25) is 0 Å². The molecule has 0 aromatic heterocycles. The maximum absolute atomic E-state index is 5.49. The number of hydrogen-bond acceptors (Lipinski definition) is 3. The first-order valence-electron chi connectivity index (χ1n) is 11.5. The van der Waals surface area contributed by atoms with Crippen LogP contribution in [-0.4, -0.2) is 68.2 Å². The number of rotatable bonds is 8. The first kappa shape index (κ1) is 25.4. The number of likely N-dealkylation sites (tertiary alicyclic amines) is 1. The van der Waals surface area contributed by atoms with Crippen LogP contribution in [0.25, 0.3) is 0 Å². The minimum atomic E-state index is 0. The van der Waals surface area contributed by atoms with Gasteiger partial charge in [-0.15, -0.1) is 24.0 Å². The largest absolute Gasteiger partial charge is 0.381 e. The van der Waals surface area contributed by atoms with E-state index < -0.39 is 0 Å². The molecular formula is C24H41IN4O. The number of halogens is 1. The number of ether oxygens (including phenoxy) is 1. The van der Waals surface area contributed by atoms with Gasteiger partial charge in [-0.25, -0.2) is 0 Å². The minimum Gasteiger partial charge on any atom is -0.381 e. The molecule has 3 rings (SSSR count). The van der Waals surface area contributed by atoms with Crippen molar-refractivity contribution in [2.75, 3.05) is 46.4 Å². The van der Waals surface area contributed by atoms with Gasteiger partial charge >= 0.3 is 0 Å². The standard InChI is InChI=1S/C24H40N4O.HI/c1-4-25-24(27(3)13-10-21-11-14-29-15-12-21)26-17-23-16-20(2)28(19-23)18-22-8-6-5-7-9-22;/h5-9,20-21,23H,4,10-19H2,1-3H3,(H,25,26);1H. The lowest BCUT2D eigenvalue weighted by molar-refractivity contribution is 0.0625. The van der Waals surface area contributed by atoms with E-state index >= 15 is 0 Å². The molecule has 30 heavy (non-hydrogen) atoms. The van der Waals surface area contributed by atoms with Crippen LogP contribution in [0.5, 0.6) is 0 Å². The highest BCUT2D eigenvalue weighted by Crippen LogP contribution is 2.25. The molecule has 0 saturated carbocycles. The Morgan fingerprint density at radius 3 is 2.63 bits per heavy atom. The van der Waals surface area contributed by atoms with Crippen LogP contribution in [0.2, 0.25) is 0 Å². The van der Waals surface area contributed by atoms with E-state index in [1.165, 1.54) is 31.2 Å². The van der Waals surface area contributed by atoms with Crippen molar-refractivity contribution in [1.29, 1.82) is 0 Å². The van der Waals surface area contributed by atoms with Crippen LogP contribution in [0.15, 0.2) is 35.3 Å². The molecule has 0 radical (unpaired) electrons. The molecule has 0 bridgehead atoms. The predicted octanol–water partition coefficient (Wildman–Crippen LogP) is 4.23. The summed E-state index contributed by atoms with van der Waals surface area (Å²) < 4.78 is 5.49. The van der Waals surface area contributed by atoms with E-state index in [0.717, 1.165) is 57.8 Å². The molecule has 2 fully saturated rings. The smallest absolute Gasteiger partial charge is 0.193 e. The van der Waals surface area contributed by atoms with Gasteiger partial charge in [-0.05, 0) is 56.9 Å². The van der Waals surface area contributed by atoms with Gasteiger partial charge in [0.05, 0.1) is 0 Å². The van der Waals surface area contributed by atoms with Crippen molar-refractivity contribution in [1.82, 2.24) is 15.1 Å². The van der Waals surface area contributed by atoms with E-state index in [1.807, 2.05) is 0 Å². The van der Waals surface area contributed by atoms with Crippen LogP contribution in [0.3, 0.4) is 0 Å². The van der Waals surface area contributed by atoms with Gasteiger partial charge in [-0.3, -0.25) is 9.89 Å². The Balaban J connectivity index is 0.00000320. The Morgan fingerprint density at radius 1 is 1.20 bits per heavy atom. The van der Waals surface area contributed by atoms with Crippen molar-refractivity contribution in [3.8, 4) is 0 Å². The van der Waals surface area contributed by atoms with E-state index in [0.29, 0.717) is 12.0 Å². The van der Waals surface area contributed by atoms with Gasteiger partial charge in [0, 0.05) is 59.0 Å². The second-order valence-electron chi connectivity index (χ2n) is 8.83. The molecule has 2 aliphatic rings. The summed E-state index contributed by atoms with van der Waals surface area (Å²) in [6.45, 7) is 11.5. The molecule has 1 N–H and O–H groups in total. The van der Waals surface area contributed by atoms with Crippen LogP contribution < -0.4 is 5.32 Å². The molecule has 170 valence electrons. The molecule has 2 unspecified atom stereocenters. The maximum Gasteiger partial charge on any atom is 0.193 e. The zero-order chi connectivity index (χ0) is 20.5. The zero-order valence-corrected chi connectivity index (χ0v) is 21.4. The average Bonchev–Trinajstić information content (AvgIpc) is 3.10. The van der Waals surface area contributed by atoms with Crippen LogP contribution in [0.4, 0.5) is 0 Å². The summed E-state index contributed by atoms with van der Waals surface area (Å²) in [4.78, 5) is 9.94. The SMILES string of the molecule is CCNC(=NCC1CC(C)N(Cc2ccccc2)C1)N(C)CCC1CCOCC1.I. The Bertz CT molecular complexity index is 621. The molecule has 2 heterocycles. The molecular weight excluding hydrogens is 487 g/mol. The molecule has 1 aromatic rings. The highest BCUT2D eigenvalue weighted by Gasteiger charge is 2.28. The molecule has 6 heteroatoms. The Kier molecular flexibility index (Phi) is 11.5. The Labute approximate surface area is 200 Å². The summed E-state index contributed by atoms with van der Waals surface area (Å²) >= 11 is 0. The van der Waals surface area contributed by atoms with Gasteiger partial charge < -0.3 is 15.0 Å². The van der Waals surface area contributed by atoms with Crippen LogP contribution in [0.1, 0.15) is 45.1 Å². The molecule has 0 spiro atoms. The first-order valence-corrected chi connectivity index (χ1v) is 11.5. The normalized spacial score (nSPS) is 23.2. The lowest BCUT2D eigenvalue weighted by atomic mass is 9.96. The van der Waals surface area contributed by atoms with E-state index in [4.69, 9.17) is 9.73 Å². The summed E-state index contributed by atoms with van der Waals surface area (Å²) in [5, 5.41) is 3.49. The second kappa shape index (κ2) is 13.5. The minimum absolute atomic E-state index is 0. The third-order valence-electron chi connectivity index (χ3n) is 6.43. The summed E-state index contributed by atoms with van der Waals surface area (Å²) in [6, 6.07) is 11.5. The number of nitrogens with zero attached hydrogens (tertiary/aromatic N) is 3. The highest BCUT2D eigenvalue weighted by atomic mass is 127. The number of hydrogen-bond donors (Lipinski definition) is 1. The lowest BCUT2D eigenvalue weighted by Gasteiger charge is -2.27. The second-order valence-corrected chi connectivity index (χ2v) is 8.83. The Morgan fingerprint density at radius 2 is 1.93 bits per heavy atom. The fourth-order valence-electron chi connectivity index (χ4n) is 4.59. The van der Waals surface area contributed by atoms with Gasteiger partial charge in [-0.1, -0.05) is 30.3 Å². The molecule has 2 atom stereocenters. The van der Waals surface area contributed by atoms with Crippen molar-refractivity contribution < 1.29 is 4.74 Å². The quantitative estimate of drug-likeness (QED) is 0.312. The van der Waals surface area contributed by atoms with Crippen molar-refractivity contribution >= 4 is 29.9 Å². The number of guanidine groups is 1. The third kappa shape index (κ3) is 8.00. The number of nitrogens with one attached hydrogen (secondary N) is 1. The van der Waals surface area contributed by atoms with Crippen molar-refractivity contribution in [2.45, 2.75) is 52.1 Å². The predicted molar refractivity (Wildman–Crippen MR) is 137 cm³/mol. The lowest BCUT2D eigenvalue weighted by Crippen LogP contribution is -2.40. The van der Waals surface area contributed by atoms with E-state index in [-0.39, 0.29) is 24.0 Å². The molecule has 0 amide bonds. The van der Waals surface area contributed by atoms with Crippen LogP contribution in [0, 0.1) is 11.8 Å². The monoisotopic (exact) mass is 528 g/mol. The van der Waals surface area contributed by atoms with Gasteiger partial charge in [-0.2, -0.15) is 0 Å². The zero-order valence-electron chi connectivity index (χ0n) is 19.1. The van der Waals surface area contributed by atoms with Crippen molar-refractivity contribution in [3.05, 3.63) is 35.9 Å². The Hall–Kier alpha value is -0.860. The molecule has 2 aliphatic heterocycles. The van der Waals surface area contributed by atoms with Crippen molar-refractivity contribution in [2.24, 2.45) is 16.8 Å². The van der Waals surface area contributed by atoms with Crippen LogP contribution in [-0.2, 0) is 11.3 Å². The molecule has 5 nitrogen and oxygen atoms in total. The van der Waals surface area contributed by atoms with Gasteiger partial charge in [0.25, 0.3) is 0 Å². The fraction of sp³-hybridized carbons (Fsp3) is 0.708.